The van der Waals surface area contributed by atoms with Crippen molar-refractivity contribution in [3.05, 3.63) is 29.8 Å². The van der Waals surface area contributed by atoms with Gasteiger partial charge >= 0.3 is 0 Å². The molecule has 0 spiro atoms. The minimum absolute atomic E-state index is 0.233. The van der Waals surface area contributed by atoms with Gasteiger partial charge in [0.25, 0.3) is 0 Å². The first-order valence-electron chi connectivity index (χ1n) is 9.16. The van der Waals surface area contributed by atoms with Gasteiger partial charge in [-0.15, -0.1) is 0 Å². The van der Waals surface area contributed by atoms with E-state index in [0.29, 0.717) is 0 Å². The van der Waals surface area contributed by atoms with Crippen LogP contribution in [0.15, 0.2) is 24.3 Å². The van der Waals surface area contributed by atoms with E-state index in [2.05, 4.69) is 24.4 Å². The number of rotatable bonds is 8. The highest BCUT2D eigenvalue weighted by Gasteiger charge is 2.23. The molecule has 23 heavy (non-hydrogen) atoms. The van der Waals surface area contributed by atoms with Gasteiger partial charge in [0.1, 0.15) is 5.75 Å². The molecule has 1 amide bonds. The summed E-state index contributed by atoms with van der Waals surface area (Å²) < 4.78 is 5.31. The van der Waals surface area contributed by atoms with Crippen molar-refractivity contribution in [3.8, 4) is 5.75 Å². The van der Waals surface area contributed by atoms with Crippen LogP contribution in [0.2, 0.25) is 0 Å². The number of hydrogen-bond donors (Lipinski definition) is 1. The molecule has 0 bridgehead atoms. The molecule has 1 atom stereocenters. The fraction of sp³-hybridized carbons (Fsp3) is 0.650. The van der Waals surface area contributed by atoms with Gasteiger partial charge in [-0.1, -0.05) is 51.2 Å². The Morgan fingerprint density at radius 2 is 2.09 bits per heavy atom. The van der Waals surface area contributed by atoms with Crippen LogP contribution in [0.4, 0.5) is 0 Å². The molecule has 1 aromatic rings. The average Bonchev–Trinajstić information content (AvgIpc) is 2.60. The normalized spacial score (nSPS) is 16.8. The second-order valence-electron chi connectivity index (χ2n) is 6.74. The number of carbonyl (C=O) groups is 1. The van der Waals surface area contributed by atoms with Crippen LogP contribution >= 0.6 is 0 Å². The second kappa shape index (κ2) is 9.59. The lowest BCUT2D eigenvalue weighted by Crippen LogP contribution is -2.40. The van der Waals surface area contributed by atoms with Gasteiger partial charge in [-0.25, -0.2) is 0 Å². The second-order valence-corrected chi connectivity index (χ2v) is 6.74. The van der Waals surface area contributed by atoms with E-state index in [1.54, 1.807) is 7.11 Å². The quantitative estimate of drug-likeness (QED) is 0.767. The SMILES string of the molecule is CCCCC(Cc1cccc(OC)c1)NC(=O)C1CCCCC1. The number of amides is 1. The molecule has 1 unspecified atom stereocenters. The number of nitrogens with one attached hydrogen (secondary N) is 1. The molecule has 2 rings (SSSR count). The lowest BCUT2D eigenvalue weighted by Gasteiger charge is -2.25. The molecule has 1 saturated carbocycles. The number of unbranched alkanes of at least 4 members (excludes halogenated alkanes) is 1. The first kappa shape index (κ1) is 17.8. The van der Waals surface area contributed by atoms with Gasteiger partial charge in [0, 0.05) is 12.0 Å². The Morgan fingerprint density at radius 1 is 1.30 bits per heavy atom. The van der Waals surface area contributed by atoms with Crippen molar-refractivity contribution in [2.75, 3.05) is 7.11 Å². The summed E-state index contributed by atoms with van der Waals surface area (Å²) in [4.78, 5) is 12.5. The summed E-state index contributed by atoms with van der Waals surface area (Å²) >= 11 is 0. The monoisotopic (exact) mass is 317 g/mol. The summed E-state index contributed by atoms with van der Waals surface area (Å²) in [5.41, 5.74) is 1.23. The zero-order valence-corrected chi connectivity index (χ0v) is 14.6. The Balaban J connectivity index is 1.96. The highest BCUT2D eigenvalue weighted by molar-refractivity contribution is 5.79. The zero-order valence-electron chi connectivity index (χ0n) is 14.6. The Morgan fingerprint density at radius 3 is 2.78 bits per heavy atom. The van der Waals surface area contributed by atoms with E-state index in [0.717, 1.165) is 44.3 Å². The van der Waals surface area contributed by atoms with Crippen molar-refractivity contribution < 1.29 is 9.53 Å². The predicted molar refractivity (Wildman–Crippen MR) is 94.7 cm³/mol. The highest BCUT2D eigenvalue weighted by atomic mass is 16.5. The summed E-state index contributed by atoms with van der Waals surface area (Å²) in [7, 11) is 1.69. The van der Waals surface area contributed by atoms with Gasteiger partial charge in [-0.05, 0) is 43.4 Å². The van der Waals surface area contributed by atoms with Crippen molar-refractivity contribution >= 4 is 5.91 Å². The Bertz CT molecular complexity index is 480. The number of carbonyl (C=O) groups excluding carboxylic acids is 1. The van der Waals surface area contributed by atoms with Crippen molar-refractivity contribution in [1.82, 2.24) is 5.32 Å². The van der Waals surface area contributed by atoms with Crippen molar-refractivity contribution in [2.45, 2.75) is 70.8 Å². The van der Waals surface area contributed by atoms with Crippen molar-refractivity contribution in [3.63, 3.8) is 0 Å². The standard InChI is InChI=1S/C20H31NO2/c1-3-4-12-18(14-16-9-8-13-19(15-16)23-2)21-20(22)17-10-6-5-7-11-17/h8-9,13,15,17-18H,3-7,10-12,14H2,1-2H3,(H,21,22). The minimum atomic E-state index is 0.233. The molecular weight excluding hydrogens is 286 g/mol. The van der Waals surface area contributed by atoms with Crippen LogP contribution in [0, 0.1) is 5.92 Å². The number of methoxy groups -OCH3 is 1. The molecule has 0 saturated heterocycles. The first-order chi connectivity index (χ1) is 11.2. The highest BCUT2D eigenvalue weighted by Crippen LogP contribution is 2.24. The van der Waals surface area contributed by atoms with Crippen LogP contribution in [0.3, 0.4) is 0 Å². The van der Waals surface area contributed by atoms with Gasteiger partial charge in [0.2, 0.25) is 5.91 Å². The van der Waals surface area contributed by atoms with Crippen LogP contribution in [-0.4, -0.2) is 19.1 Å². The van der Waals surface area contributed by atoms with Crippen LogP contribution in [0.1, 0.15) is 63.9 Å². The Kier molecular flexibility index (Phi) is 7.44. The maximum absolute atomic E-state index is 12.5. The molecule has 1 N–H and O–H groups in total. The third-order valence-corrected chi connectivity index (χ3v) is 4.84. The van der Waals surface area contributed by atoms with Gasteiger partial charge in [0.15, 0.2) is 0 Å². The van der Waals surface area contributed by atoms with E-state index in [9.17, 15) is 4.79 Å². The van der Waals surface area contributed by atoms with Crippen LogP contribution in [0.25, 0.3) is 0 Å². The third kappa shape index (κ3) is 5.89. The molecule has 128 valence electrons. The third-order valence-electron chi connectivity index (χ3n) is 4.84. The first-order valence-corrected chi connectivity index (χ1v) is 9.16. The average molecular weight is 317 g/mol. The zero-order chi connectivity index (χ0) is 16.5. The molecule has 1 aliphatic carbocycles. The summed E-state index contributed by atoms with van der Waals surface area (Å²) in [6.45, 7) is 2.20. The fourth-order valence-corrected chi connectivity index (χ4v) is 3.44. The molecule has 0 aliphatic heterocycles. The lowest BCUT2D eigenvalue weighted by molar-refractivity contribution is -0.126. The molecule has 1 aliphatic rings. The molecule has 1 fully saturated rings. The predicted octanol–water partition coefficient (Wildman–Crippen LogP) is 4.49. The summed E-state index contributed by atoms with van der Waals surface area (Å²) in [5, 5.41) is 3.33. The van der Waals surface area contributed by atoms with E-state index in [1.165, 1.54) is 24.8 Å². The molecule has 1 aromatic carbocycles. The van der Waals surface area contributed by atoms with Crippen LogP contribution in [-0.2, 0) is 11.2 Å². The van der Waals surface area contributed by atoms with E-state index in [-0.39, 0.29) is 17.9 Å². The largest absolute Gasteiger partial charge is 0.497 e. The van der Waals surface area contributed by atoms with E-state index in [4.69, 9.17) is 4.74 Å². The maximum Gasteiger partial charge on any atom is 0.223 e. The maximum atomic E-state index is 12.5. The fourth-order valence-electron chi connectivity index (χ4n) is 3.44. The van der Waals surface area contributed by atoms with Crippen LogP contribution in [0.5, 0.6) is 5.75 Å². The number of hydrogen-bond acceptors (Lipinski definition) is 2. The molecule has 0 aromatic heterocycles. The van der Waals surface area contributed by atoms with Gasteiger partial charge in [0.05, 0.1) is 7.11 Å². The molecular formula is C20H31NO2. The molecule has 0 heterocycles. The lowest BCUT2D eigenvalue weighted by atomic mass is 9.88. The minimum Gasteiger partial charge on any atom is -0.497 e. The smallest absolute Gasteiger partial charge is 0.223 e. The number of ether oxygens (including phenoxy) is 1. The van der Waals surface area contributed by atoms with Gasteiger partial charge < -0.3 is 10.1 Å². The van der Waals surface area contributed by atoms with Crippen molar-refractivity contribution in [1.29, 1.82) is 0 Å². The molecule has 3 nitrogen and oxygen atoms in total. The van der Waals surface area contributed by atoms with Crippen LogP contribution < -0.4 is 10.1 Å². The van der Waals surface area contributed by atoms with E-state index >= 15 is 0 Å². The molecule has 3 heteroatoms. The van der Waals surface area contributed by atoms with Crippen molar-refractivity contribution in [2.24, 2.45) is 5.92 Å². The Hall–Kier alpha value is -1.51. The van der Waals surface area contributed by atoms with E-state index in [1.807, 2.05) is 12.1 Å². The van der Waals surface area contributed by atoms with Gasteiger partial charge in [-0.3, -0.25) is 4.79 Å². The topological polar surface area (TPSA) is 38.3 Å². The summed E-state index contributed by atoms with van der Waals surface area (Å²) in [6, 6.07) is 8.41. The number of benzene rings is 1. The summed E-state index contributed by atoms with van der Waals surface area (Å²) in [5.74, 6) is 1.39. The Labute approximate surface area is 140 Å². The van der Waals surface area contributed by atoms with E-state index < -0.39 is 0 Å². The molecule has 0 radical (unpaired) electrons. The van der Waals surface area contributed by atoms with Gasteiger partial charge in [-0.2, -0.15) is 0 Å². The summed E-state index contributed by atoms with van der Waals surface area (Å²) in [6.07, 6.45) is 10.1.